The summed E-state index contributed by atoms with van der Waals surface area (Å²) in [6.07, 6.45) is 1.43. The van der Waals surface area contributed by atoms with Gasteiger partial charge in [-0.05, 0) is 86.3 Å². The second-order valence-corrected chi connectivity index (χ2v) is 29.6. The molecule has 2 aliphatic heterocycles. The van der Waals surface area contributed by atoms with Gasteiger partial charge in [0.25, 0.3) is 10.1 Å². The van der Waals surface area contributed by atoms with E-state index in [2.05, 4.69) is 33.2 Å². The van der Waals surface area contributed by atoms with E-state index in [0.29, 0.717) is 81.8 Å². The average molecular weight is 1530 g/mol. The Hall–Kier alpha value is -7.71. The number of cyclic esters (lactones) is 2. The predicted molar refractivity (Wildman–Crippen MR) is 391 cm³/mol. The number of rotatable bonds is 48. The molecule has 0 saturated carbocycles. The third kappa shape index (κ3) is 35.3. The van der Waals surface area contributed by atoms with Gasteiger partial charge in [-0.25, -0.2) is 4.79 Å². The second kappa shape index (κ2) is 47.9. The zero-order chi connectivity index (χ0) is 78.4. The van der Waals surface area contributed by atoms with Crippen LogP contribution in [0.25, 0.3) is 0 Å². The third-order valence-electron chi connectivity index (χ3n) is 17.6. The van der Waals surface area contributed by atoms with E-state index in [0.717, 1.165) is 11.1 Å². The van der Waals surface area contributed by atoms with Crippen LogP contribution in [0, 0.1) is 29.1 Å². The molecule has 1 saturated heterocycles. The van der Waals surface area contributed by atoms with Crippen LogP contribution in [-0.4, -0.2) is 219 Å². The lowest BCUT2D eigenvalue weighted by molar-refractivity contribution is -0.179. The van der Waals surface area contributed by atoms with E-state index in [4.69, 9.17) is 58.8 Å². The Morgan fingerprint density at radius 1 is 0.783 bits per heavy atom. The van der Waals surface area contributed by atoms with E-state index >= 15 is 0 Å². The standard InChI is InChI=1S/C75H111ClN6O23S/c1-11-35-102-68(90)29-34-82(67(89)27-26-63(85)78-32-43-106(94,95)96)33-28-66(88)81-69(50(4)5)59(84)47-55(15-12-13-31-77-64(86)30-36-99-39-40-101-42-41-100-38-37-97-9)58(83)24-20-52-18-22-54(23-19-52)71-70(105-71)51(6)60-16-14-17-65(87)80-57(46-53-21-25-61(98-10)56(76)45-53)72(91)79-48-75(7,8)74(93)104-62(44-49(2)3)73(92)103-60/h11,14,17-19,21-23,25,45,49-51,55,57,60,62,69-71H,1,12-13,15-16,20,24,26-44,46-48H2,2-10H3,(H,77,86)(H,78,85)(H,79,91)(H,80,87)(H,81,88)(H,94,95,96)/b17-14+/t51-,55+,57+,60-,62-,69-,70+,71+/m0/s1. The molecule has 6 N–H and O–H groups in total. The zero-order valence-electron chi connectivity index (χ0n) is 62.7. The highest BCUT2D eigenvalue weighted by atomic mass is 35.5. The molecule has 2 heterocycles. The number of ether oxygens (including phenoxy) is 9. The minimum Gasteiger partial charge on any atom is -0.495 e. The Morgan fingerprint density at radius 2 is 1.43 bits per heavy atom. The number of methoxy groups -OCH3 is 2. The molecule has 0 aromatic heterocycles. The summed E-state index contributed by atoms with van der Waals surface area (Å²) in [7, 11) is -1.29. The number of ketones is 2. The molecule has 29 nitrogen and oxygen atoms in total. The molecule has 106 heavy (non-hydrogen) atoms. The number of benzene rings is 2. The Morgan fingerprint density at radius 3 is 2.08 bits per heavy atom. The van der Waals surface area contributed by atoms with Crippen molar-refractivity contribution < 1.29 is 108 Å². The number of esters is 3. The minimum atomic E-state index is -4.35. The molecule has 592 valence electrons. The third-order valence-corrected chi connectivity index (χ3v) is 18.6. The van der Waals surface area contributed by atoms with E-state index in [-0.39, 0.29) is 121 Å². The van der Waals surface area contributed by atoms with Gasteiger partial charge in [0.1, 0.15) is 36.4 Å². The number of unbranched alkanes of at least 4 members (excludes halogenated alkanes) is 1. The summed E-state index contributed by atoms with van der Waals surface area (Å²) in [6.45, 7) is 17.5. The van der Waals surface area contributed by atoms with Crippen LogP contribution in [0.5, 0.6) is 5.75 Å². The molecule has 2 aromatic carbocycles. The van der Waals surface area contributed by atoms with E-state index in [9.17, 15) is 61.2 Å². The van der Waals surface area contributed by atoms with Crippen molar-refractivity contribution >= 4 is 86.6 Å². The van der Waals surface area contributed by atoms with Crippen LogP contribution in [0.2, 0.25) is 5.02 Å². The van der Waals surface area contributed by atoms with Crippen LogP contribution in [0.15, 0.2) is 67.3 Å². The largest absolute Gasteiger partial charge is 0.495 e. The lowest BCUT2D eigenvalue weighted by Crippen LogP contribution is -2.51. The van der Waals surface area contributed by atoms with Gasteiger partial charge in [0.05, 0.1) is 88.1 Å². The van der Waals surface area contributed by atoms with E-state index in [1.54, 1.807) is 59.1 Å². The van der Waals surface area contributed by atoms with Gasteiger partial charge in [0, 0.05) is 103 Å². The molecule has 8 atom stereocenters. The number of nitrogens with zero attached hydrogens (tertiary/aromatic N) is 1. The smallest absolute Gasteiger partial charge is 0.347 e. The summed E-state index contributed by atoms with van der Waals surface area (Å²) in [5.74, 6) is -8.21. The van der Waals surface area contributed by atoms with Crippen LogP contribution in [0.3, 0.4) is 0 Å². The first kappa shape index (κ1) is 90.7. The monoisotopic (exact) mass is 1530 g/mol. The van der Waals surface area contributed by atoms with Crippen molar-refractivity contribution in [2.45, 2.75) is 175 Å². The summed E-state index contributed by atoms with van der Waals surface area (Å²) in [6, 6.07) is 10.3. The number of nitrogens with one attached hydrogen (secondary N) is 5. The van der Waals surface area contributed by atoms with Gasteiger partial charge in [0.2, 0.25) is 35.4 Å². The fourth-order valence-corrected chi connectivity index (χ4v) is 11.9. The lowest BCUT2D eigenvalue weighted by Gasteiger charge is -2.29. The van der Waals surface area contributed by atoms with Crippen molar-refractivity contribution in [3.05, 3.63) is 89.0 Å². The van der Waals surface area contributed by atoms with Crippen molar-refractivity contribution in [3.8, 4) is 5.75 Å². The zero-order valence-corrected chi connectivity index (χ0v) is 64.3. The fraction of sp³-hybridized carbons (Fsp3) is 0.640. The molecular formula is C75H111ClN6O23S. The highest BCUT2D eigenvalue weighted by Gasteiger charge is 2.48. The van der Waals surface area contributed by atoms with Crippen LogP contribution in [0.1, 0.15) is 148 Å². The van der Waals surface area contributed by atoms with Gasteiger partial charge in [-0.15, -0.1) is 0 Å². The number of hydrogen-bond acceptors (Lipinski definition) is 22. The second-order valence-electron chi connectivity index (χ2n) is 27.6. The molecule has 4 rings (SSSR count). The summed E-state index contributed by atoms with van der Waals surface area (Å²) < 4.78 is 81.2. The number of Topliss-reactive ketones (excluding diaryl/α,β-unsaturated/α-hetero) is 2. The number of aryl methyl sites for hydroxylation is 1. The van der Waals surface area contributed by atoms with Crippen molar-refractivity contribution in [3.63, 3.8) is 0 Å². The fourth-order valence-electron chi connectivity index (χ4n) is 11.3. The summed E-state index contributed by atoms with van der Waals surface area (Å²) in [4.78, 5) is 150. The summed E-state index contributed by atoms with van der Waals surface area (Å²) >= 11 is 6.42. The molecule has 0 spiro atoms. The first-order valence-electron chi connectivity index (χ1n) is 36.2. The maximum atomic E-state index is 14.4. The lowest BCUT2D eigenvalue weighted by atomic mass is 9.85. The van der Waals surface area contributed by atoms with Crippen molar-refractivity contribution in [2.75, 3.05) is 106 Å². The van der Waals surface area contributed by atoms with Crippen LogP contribution in [0.4, 0.5) is 0 Å². The molecule has 6 amide bonds. The van der Waals surface area contributed by atoms with E-state index < -0.39 is 135 Å². The normalized spacial score (nSPS) is 18.9. The van der Waals surface area contributed by atoms with Gasteiger partial charge >= 0.3 is 17.9 Å². The van der Waals surface area contributed by atoms with Gasteiger partial charge in [-0.2, -0.15) is 8.42 Å². The quantitative estimate of drug-likeness (QED) is 0.0113. The Kier molecular flexibility index (Phi) is 40.9. The maximum Gasteiger partial charge on any atom is 0.347 e. The predicted octanol–water partition coefficient (Wildman–Crippen LogP) is 5.84. The molecule has 2 aromatic rings. The first-order chi connectivity index (χ1) is 50.3. The maximum absolute atomic E-state index is 14.4. The molecule has 0 radical (unpaired) electrons. The van der Waals surface area contributed by atoms with Crippen molar-refractivity contribution in [2.24, 2.45) is 29.1 Å². The molecule has 31 heteroatoms. The Labute approximate surface area is 627 Å². The highest BCUT2D eigenvalue weighted by Crippen LogP contribution is 2.45. The Balaban J connectivity index is 1.48. The highest BCUT2D eigenvalue weighted by molar-refractivity contribution is 7.85. The average Bonchev–Trinajstić information content (AvgIpc) is 1.62. The Bertz CT molecular complexity index is 3350. The van der Waals surface area contributed by atoms with Crippen molar-refractivity contribution in [1.82, 2.24) is 31.5 Å². The molecular weight excluding hydrogens is 1420 g/mol. The van der Waals surface area contributed by atoms with E-state index in [1.165, 1.54) is 24.2 Å². The molecule has 0 bridgehead atoms. The molecule has 2 aliphatic rings. The van der Waals surface area contributed by atoms with Gasteiger partial charge in [-0.1, -0.05) is 102 Å². The molecule has 1 fully saturated rings. The number of hydrogen-bond donors (Lipinski definition) is 6. The summed E-state index contributed by atoms with van der Waals surface area (Å²) in [5.41, 5.74) is 0.908. The number of carbonyl (C=O) groups is 11. The number of amides is 6. The van der Waals surface area contributed by atoms with Gasteiger partial charge < -0.3 is 74.1 Å². The molecule has 0 unspecified atom stereocenters. The molecule has 0 aliphatic carbocycles. The van der Waals surface area contributed by atoms with Crippen LogP contribution >= 0.6 is 11.6 Å². The van der Waals surface area contributed by atoms with Gasteiger partial charge in [0.15, 0.2) is 11.9 Å². The SMILES string of the molecule is C=CCOC(=O)CCN(CCC(=O)N[C@H](C(=O)C[C@@H](CCCCNC(=O)CCOCCOCCOCCOC)C(=O)CCc1ccc([C@H]2O[C@@H]2[C@@H](C)[C@@H]2C/C=C/C(=O)N[C@H](Cc3ccc(OC)c(Cl)c3)C(=O)NCC(C)(C)C(=O)O[C@@H](CC(C)C)C(=O)O2)cc1)C(C)C)C(=O)CCC(=O)NCCS(=O)(=O)O. The minimum absolute atomic E-state index is 0.0401. The first-order valence-corrected chi connectivity index (χ1v) is 38.2. The van der Waals surface area contributed by atoms with Crippen molar-refractivity contribution in [1.29, 1.82) is 0 Å². The topological polar surface area (TPSA) is 392 Å². The van der Waals surface area contributed by atoms with E-state index in [1.807, 2.05) is 45.0 Å². The number of halogens is 1. The summed E-state index contributed by atoms with van der Waals surface area (Å²) in [5, 5.41) is 13.8. The van der Waals surface area contributed by atoms with Crippen LogP contribution in [-0.2, 0) is 114 Å². The van der Waals surface area contributed by atoms with Crippen LogP contribution < -0.4 is 31.3 Å². The van der Waals surface area contributed by atoms with Gasteiger partial charge in [-0.3, -0.25) is 52.5 Å². The number of carbonyl (C=O) groups excluding carboxylic acids is 11. The number of epoxide rings is 1.